The molecule has 1 heterocycles. The molecule has 18 heavy (non-hydrogen) atoms. The first-order valence-corrected chi connectivity index (χ1v) is 6.75. The fourth-order valence-electron chi connectivity index (χ4n) is 1.74. The number of hydrogen-bond donors (Lipinski definition) is 0. The van der Waals surface area contributed by atoms with Crippen molar-refractivity contribution in [1.29, 1.82) is 0 Å². The van der Waals surface area contributed by atoms with Gasteiger partial charge in [-0.1, -0.05) is 13.3 Å². The highest BCUT2D eigenvalue weighted by molar-refractivity contribution is 6.00. The van der Waals surface area contributed by atoms with E-state index in [0.29, 0.717) is 6.61 Å². The van der Waals surface area contributed by atoms with Gasteiger partial charge in [0.2, 0.25) is 0 Å². The van der Waals surface area contributed by atoms with Crippen molar-refractivity contribution in [3.05, 3.63) is 0 Å². The van der Waals surface area contributed by atoms with Crippen LogP contribution in [-0.2, 0) is 19.2 Å². The molecule has 0 aromatic heterocycles. The molecule has 1 rings (SSSR count). The summed E-state index contributed by atoms with van der Waals surface area (Å²) in [4.78, 5) is 27.7. The number of nitrogens with zero attached hydrogens (tertiary/aromatic N) is 1. The van der Waals surface area contributed by atoms with Crippen molar-refractivity contribution >= 4 is 11.8 Å². The van der Waals surface area contributed by atoms with Crippen LogP contribution < -0.4 is 0 Å². The van der Waals surface area contributed by atoms with Crippen LogP contribution in [-0.4, -0.2) is 36.2 Å². The molecule has 1 unspecified atom stereocenters. The molecule has 0 saturated carbocycles. The maximum atomic E-state index is 11.2. The van der Waals surface area contributed by atoms with Gasteiger partial charge < -0.3 is 4.74 Å². The molecule has 5 nitrogen and oxygen atoms in total. The number of hydroxylamine groups is 2. The van der Waals surface area contributed by atoms with Gasteiger partial charge >= 0.3 is 0 Å². The summed E-state index contributed by atoms with van der Waals surface area (Å²) in [5.74, 6) is -0.459. The number of imide groups is 1. The third-order valence-electron chi connectivity index (χ3n) is 2.88. The van der Waals surface area contributed by atoms with E-state index in [1.807, 2.05) is 6.92 Å². The molecule has 1 aliphatic rings. The second kappa shape index (κ2) is 8.21. The summed E-state index contributed by atoms with van der Waals surface area (Å²) in [7, 11) is 0. The summed E-state index contributed by atoms with van der Waals surface area (Å²) in [5, 5.41) is 0.905. The van der Waals surface area contributed by atoms with E-state index in [1.54, 1.807) is 0 Å². The largest absolute Gasteiger partial charge is 0.379 e. The van der Waals surface area contributed by atoms with Gasteiger partial charge in [-0.15, -0.1) is 0 Å². The molecule has 0 aromatic carbocycles. The minimum atomic E-state index is -0.229. The van der Waals surface area contributed by atoms with Gasteiger partial charge in [-0.25, -0.2) is 0 Å². The van der Waals surface area contributed by atoms with Gasteiger partial charge in [0.25, 0.3) is 11.8 Å². The Morgan fingerprint density at radius 3 is 2.44 bits per heavy atom. The average Bonchev–Trinajstić information content (AvgIpc) is 2.66. The van der Waals surface area contributed by atoms with Crippen molar-refractivity contribution < 1.29 is 19.2 Å². The topological polar surface area (TPSA) is 55.8 Å². The molecule has 0 radical (unpaired) electrons. The van der Waals surface area contributed by atoms with Gasteiger partial charge in [-0.05, 0) is 26.2 Å². The van der Waals surface area contributed by atoms with Crippen molar-refractivity contribution in [2.24, 2.45) is 0 Å². The number of carbonyl (C=O) groups excluding carboxylic acids is 2. The molecule has 2 amide bonds. The molecule has 0 spiro atoms. The number of rotatable bonds is 9. The smallest absolute Gasteiger partial charge is 0.253 e. The SMILES string of the molecule is CCCCOC(C)CCCON1C(=O)CCC1=O. The van der Waals surface area contributed by atoms with Gasteiger partial charge in [0.1, 0.15) is 0 Å². The molecule has 0 aromatic rings. The Hall–Kier alpha value is -0.940. The van der Waals surface area contributed by atoms with Crippen LogP contribution in [0.1, 0.15) is 52.4 Å². The van der Waals surface area contributed by atoms with Crippen LogP contribution in [0.4, 0.5) is 0 Å². The maximum Gasteiger partial charge on any atom is 0.253 e. The van der Waals surface area contributed by atoms with Crippen LogP contribution in [0.5, 0.6) is 0 Å². The van der Waals surface area contributed by atoms with Crippen LogP contribution in [0, 0.1) is 0 Å². The summed E-state index contributed by atoms with van der Waals surface area (Å²) in [6.45, 7) is 5.34. The van der Waals surface area contributed by atoms with Crippen LogP contribution in [0.2, 0.25) is 0 Å². The van der Waals surface area contributed by atoms with Gasteiger partial charge in [0.15, 0.2) is 0 Å². The quantitative estimate of drug-likeness (QED) is 0.468. The molecule has 0 aliphatic carbocycles. The lowest BCUT2D eigenvalue weighted by molar-refractivity contribution is -0.188. The summed E-state index contributed by atoms with van der Waals surface area (Å²) < 4.78 is 5.59. The highest BCUT2D eigenvalue weighted by Crippen LogP contribution is 2.12. The van der Waals surface area contributed by atoms with Crippen molar-refractivity contribution in [2.45, 2.75) is 58.5 Å². The van der Waals surface area contributed by atoms with E-state index in [9.17, 15) is 9.59 Å². The van der Waals surface area contributed by atoms with Crippen LogP contribution in [0.25, 0.3) is 0 Å². The highest BCUT2D eigenvalue weighted by Gasteiger charge is 2.29. The Morgan fingerprint density at radius 2 is 1.83 bits per heavy atom. The Labute approximate surface area is 108 Å². The van der Waals surface area contributed by atoms with Gasteiger partial charge in [0, 0.05) is 19.4 Å². The first-order chi connectivity index (χ1) is 8.65. The van der Waals surface area contributed by atoms with Crippen LogP contribution in [0.3, 0.4) is 0 Å². The third-order valence-corrected chi connectivity index (χ3v) is 2.88. The van der Waals surface area contributed by atoms with Crippen molar-refractivity contribution in [1.82, 2.24) is 5.06 Å². The predicted molar refractivity (Wildman–Crippen MR) is 66.6 cm³/mol. The number of unbranched alkanes of at least 4 members (excludes halogenated alkanes) is 1. The highest BCUT2D eigenvalue weighted by atomic mass is 16.7. The van der Waals surface area contributed by atoms with Crippen LogP contribution in [0.15, 0.2) is 0 Å². The Kier molecular flexibility index (Phi) is 6.90. The number of carbonyl (C=O) groups is 2. The second-order valence-electron chi connectivity index (χ2n) is 4.59. The lowest BCUT2D eigenvalue weighted by Crippen LogP contribution is -2.29. The molecule has 1 aliphatic heterocycles. The van der Waals surface area contributed by atoms with Gasteiger partial charge in [0.05, 0.1) is 12.7 Å². The number of hydrogen-bond acceptors (Lipinski definition) is 4. The zero-order chi connectivity index (χ0) is 13.4. The molecular weight excluding hydrogens is 234 g/mol. The number of ether oxygens (including phenoxy) is 1. The lowest BCUT2D eigenvalue weighted by atomic mass is 10.2. The molecule has 1 fully saturated rings. The van der Waals surface area contributed by atoms with Crippen LogP contribution >= 0.6 is 0 Å². The zero-order valence-corrected chi connectivity index (χ0v) is 11.3. The predicted octanol–water partition coefficient (Wildman–Crippen LogP) is 2.05. The molecule has 0 N–H and O–H groups in total. The normalized spacial score (nSPS) is 17.6. The summed E-state index contributed by atoms with van der Waals surface area (Å²) >= 11 is 0. The van der Waals surface area contributed by atoms with Crippen molar-refractivity contribution in [3.63, 3.8) is 0 Å². The minimum absolute atomic E-state index is 0.199. The molecule has 0 bridgehead atoms. The molecule has 104 valence electrons. The van der Waals surface area contributed by atoms with Gasteiger partial charge in [-0.3, -0.25) is 14.4 Å². The first kappa shape index (κ1) is 15.1. The van der Waals surface area contributed by atoms with E-state index in [1.165, 1.54) is 0 Å². The average molecular weight is 257 g/mol. The zero-order valence-electron chi connectivity index (χ0n) is 11.3. The monoisotopic (exact) mass is 257 g/mol. The Bertz CT molecular complexity index is 264. The number of amides is 2. The lowest BCUT2D eigenvalue weighted by Gasteiger charge is -2.15. The second-order valence-corrected chi connectivity index (χ2v) is 4.59. The summed E-state index contributed by atoms with van der Waals surface area (Å²) in [6, 6.07) is 0. The van der Waals surface area contributed by atoms with Crippen molar-refractivity contribution in [2.75, 3.05) is 13.2 Å². The molecule has 1 saturated heterocycles. The summed E-state index contributed by atoms with van der Waals surface area (Å²) in [5.41, 5.74) is 0. The van der Waals surface area contributed by atoms with Crippen molar-refractivity contribution in [3.8, 4) is 0 Å². The summed E-state index contributed by atoms with van der Waals surface area (Å²) in [6.07, 6.45) is 4.62. The maximum absolute atomic E-state index is 11.2. The van der Waals surface area contributed by atoms with Gasteiger partial charge in [-0.2, -0.15) is 5.06 Å². The van der Waals surface area contributed by atoms with E-state index in [4.69, 9.17) is 9.57 Å². The Balaban J connectivity index is 2.04. The molecule has 1 atom stereocenters. The third kappa shape index (κ3) is 5.14. The fourth-order valence-corrected chi connectivity index (χ4v) is 1.74. The van der Waals surface area contributed by atoms with E-state index in [-0.39, 0.29) is 30.8 Å². The molecule has 5 heteroatoms. The van der Waals surface area contributed by atoms with E-state index < -0.39 is 0 Å². The standard InChI is InChI=1S/C13H23NO4/c1-3-4-9-17-11(2)6-5-10-18-14-12(15)7-8-13(14)16/h11H,3-10H2,1-2H3. The van der Waals surface area contributed by atoms with E-state index >= 15 is 0 Å². The minimum Gasteiger partial charge on any atom is -0.379 e. The first-order valence-electron chi connectivity index (χ1n) is 6.75. The Morgan fingerprint density at radius 1 is 1.17 bits per heavy atom. The molecular formula is C13H23NO4. The fraction of sp³-hybridized carbons (Fsp3) is 0.846. The van der Waals surface area contributed by atoms with E-state index in [0.717, 1.165) is 37.4 Å². The van der Waals surface area contributed by atoms with E-state index in [2.05, 4.69) is 6.92 Å².